The molecule has 0 radical (unpaired) electrons. The van der Waals surface area contributed by atoms with Gasteiger partial charge in [-0.3, -0.25) is 0 Å². The van der Waals surface area contributed by atoms with Gasteiger partial charge < -0.3 is 4.42 Å². The number of fused-ring (bicyclic) bond motifs is 1. The van der Waals surface area contributed by atoms with E-state index in [0.717, 1.165) is 5.76 Å². The molecule has 0 N–H and O–H groups in total. The van der Waals surface area contributed by atoms with Gasteiger partial charge in [-0.25, -0.2) is 0 Å². The van der Waals surface area contributed by atoms with E-state index in [1.807, 2.05) is 18.2 Å². The van der Waals surface area contributed by atoms with Crippen LogP contribution >= 0.6 is 0 Å². The standard InChI is InChI=1S/C24H30O/c1-17(9-7-10-19-11-8-14-25-19)20-16-22-21(15-18(20)2)23(3,4)12-13-24(22,5)6/h7-11,14-16H,12-13H2,1-6H3. The molecule has 0 bridgehead atoms. The van der Waals surface area contributed by atoms with Crippen molar-refractivity contribution in [2.75, 3.05) is 0 Å². The van der Waals surface area contributed by atoms with Crippen molar-refractivity contribution in [3.05, 3.63) is 70.7 Å². The second-order valence-electron chi connectivity index (χ2n) is 8.70. The highest BCUT2D eigenvalue weighted by Crippen LogP contribution is 2.47. The number of benzene rings is 1. The normalized spacial score (nSPS) is 19.2. The molecule has 3 rings (SSSR count). The number of furan rings is 1. The zero-order valence-electron chi connectivity index (χ0n) is 16.4. The van der Waals surface area contributed by atoms with Crippen LogP contribution in [0.3, 0.4) is 0 Å². The summed E-state index contributed by atoms with van der Waals surface area (Å²) in [5.41, 5.74) is 7.58. The lowest BCUT2D eigenvalue weighted by molar-refractivity contribution is 0.331. The number of hydrogen-bond donors (Lipinski definition) is 0. The van der Waals surface area contributed by atoms with Crippen molar-refractivity contribution in [3.63, 3.8) is 0 Å². The molecule has 1 aliphatic rings. The summed E-state index contributed by atoms with van der Waals surface area (Å²) in [6.07, 6.45) is 10.5. The maximum atomic E-state index is 5.35. The fourth-order valence-corrected chi connectivity index (χ4v) is 3.91. The molecule has 1 heteroatoms. The largest absolute Gasteiger partial charge is 0.465 e. The quantitative estimate of drug-likeness (QED) is 0.548. The lowest BCUT2D eigenvalue weighted by atomic mass is 9.62. The highest BCUT2D eigenvalue weighted by atomic mass is 16.3. The Balaban J connectivity index is 2.00. The molecule has 1 heterocycles. The van der Waals surface area contributed by atoms with E-state index in [4.69, 9.17) is 4.42 Å². The first-order valence-corrected chi connectivity index (χ1v) is 9.25. The Morgan fingerprint density at radius 1 is 1.04 bits per heavy atom. The van der Waals surface area contributed by atoms with Gasteiger partial charge in [0, 0.05) is 0 Å². The predicted octanol–water partition coefficient (Wildman–Crippen LogP) is 7.05. The van der Waals surface area contributed by atoms with Gasteiger partial charge in [0.25, 0.3) is 0 Å². The first-order valence-electron chi connectivity index (χ1n) is 9.25. The molecule has 0 unspecified atom stereocenters. The van der Waals surface area contributed by atoms with Gasteiger partial charge in [0.2, 0.25) is 0 Å². The van der Waals surface area contributed by atoms with E-state index < -0.39 is 0 Å². The molecule has 25 heavy (non-hydrogen) atoms. The van der Waals surface area contributed by atoms with Crippen LogP contribution in [-0.2, 0) is 10.8 Å². The van der Waals surface area contributed by atoms with Crippen LogP contribution in [0.25, 0.3) is 11.6 Å². The molecule has 1 aliphatic carbocycles. The molecule has 2 aromatic rings. The van der Waals surface area contributed by atoms with Gasteiger partial charge in [0.15, 0.2) is 0 Å². The van der Waals surface area contributed by atoms with Crippen LogP contribution in [0.2, 0.25) is 0 Å². The van der Waals surface area contributed by atoms with E-state index in [9.17, 15) is 0 Å². The lowest BCUT2D eigenvalue weighted by Crippen LogP contribution is -2.34. The van der Waals surface area contributed by atoms with Gasteiger partial charge in [0.05, 0.1) is 6.26 Å². The maximum Gasteiger partial charge on any atom is 0.126 e. The van der Waals surface area contributed by atoms with Crippen molar-refractivity contribution in [3.8, 4) is 0 Å². The van der Waals surface area contributed by atoms with Gasteiger partial charge in [-0.1, -0.05) is 52.0 Å². The summed E-state index contributed by atoms with van der Waals surface area (Å²) in [5, 5.41) is 0. The summed E-state index contributed by atoms with van der Waals surface area (Å²) < 4.78 is 5.35. The third-order valence-electron chi connectivity index (χ3n) is 5.77. The summed E-state index contributed by atoms with van der Waals surface area (Å²) in [4.78, 5) is 0. The van der Waals surface area contributed by atoms with E-state index in [0.29, 0.717) is 0 Å². The van der Waals surface area contributed by atoms with Crippen molar-refractivity contribution in [2.24, 2.45) is 0 Å². The van der Waals surface area contributed by atoms with Gasteiger partial charge in [0.1, 0.15) is 5.76 Å². The molecule has 1 aromatic heterocycles. The first-order chi connectivity index (χ1) is 11.7. The highest BCUT2D eigenvalue weighted by molar-refractivity contribution is 5.71. The predicted molar refractivity (Wildman–Crippen MR) is 108 cm³/mol. The summed E-state index contributed by atoms with van der Waals surface area (Å²) in [5.74, 6) is 0.883. The third-order valence-corrected chi connectivity index (χ3v) is 5.77. The molecule has 132 valence electrons. The summed E-state index contributed by atoms with van der Waals surface area (Å²) in [6, 6.07) is 8.75. The Bertz CT molecular complexity index is 814. The molecule has 0 aliphatic heterocycles. The molecule has 0 fully saturated rings. The molecule has 1 nitrogen and oxygen atoms in total. The second-order valence-corrected chi connectivity index (χ2v) is 8.70. The van der Waals surface area contributed by atoms with Crippen molar-refractivity contribution < 1.29 is 4.42 Å². The smallest absolute Gasteiger partial charge is 0.126 e. The SMILES string of the molecule is CC(=CC=Cc1ccco1)c1cc2c(cc1C)C(C)(C)CCC2(C)C. The Hall–Kier alpha value is -2.02. The van der Waals surface area contributed by atoms with E-state index in [-0.39, 0.29) is 10.8 Å². The molecule has 0 saturated heterocycles. The van der Waals surface area contributed by atoms with Crippen LogP contribution in [0.15, 0.2) is 47.1 Å². The molecular weight excluding hydrogens is 304 g/mol. The van der Waals surface area contributed by atoms with Gasteiger partial charge in [-0.05, 0) is 83.6 Å². The minimum Gasteiger partial charge on any atom is -0.465 e. The molecule has 0 saturated carbocycles. The van der Waals surface area contributed by atoms with Gasteiger partial charge >= 0.3 is 0 Å². The monoisotopic (exact) mass is 334 g/mol. The number of hydrogen-bond acceptors (Lipinski definition) is 1. The molecule has 0 atom stereocenters. The minimum atomic E-state index is 0.248. The topological polar surface area (TPSA) is 13.1 Å². The summed E-state index contributed by atoms with van der Waals surface area (Å²) >= 11 is 0. The highest BCUT2D eigenvalue weighted by Gasteiger charge is 2.37. The summed E-state index contributed by atoms with van der Waals surface area (Å²) in [6.45, 7) is 14.0. The van der Waals surface area contributed by atoms with E-state index in [1.54, 1.807) is 6.26 Å². The zero-order chi connectivity index (χ0) is 18.2. The Morgan fingerprint density at radius 2 is 1.68 bits per heavy atom. The van der Waals surface area contributed by atoms with Crippen molar-refractivity contribution >= 4 is 11.6 Å². The van der Waals surface area contributed by atoms with Crippen molar-refractivity contribution in [2.45, 2.75) is 65.2 Å². The van der Waals surface area contributed by atoms with Crippen molar-refractivity contribution in [1.29, 1.82) is 0 Å². The van der Waals surface area contributed by atoms with Gasteiger partial charge in [-0.15, -0.1) is 0 Å². The van der Waals surface area contributed by atoms with Crippen LogP contribution < -0.4 is 0 Å². The summed E-state index contributed by atoms with van der Waals surface area (Å²) in [7, 11) is 0. The minimum absolute atomic E-state index is 0.248. The molecule has 0 amide bonds. The second kappa shape index (κ2) is 6.37. The Labute approximate surface area is 152 Å². The van der Waals surface area contributed by atoms with E-state index in [1.165, 1.54) is 40.7 Å². The van der Waals surface area contributed by atoms with Crippen molar-refractivity contribution in [1.82, 2.24) is 0 Å². The number of rotatable bonds is 3. The Morgan fingerprint density at radius 3 is 2.28 bits per heavy atom. The maximum absolute atomic E-state index is 5.35. The number of allylic oxidation sites excluding steroid dienone is 3. The average Bonchev–Trinajstić information content (AvgIpc) is 3.05. The average molecular weight is 335 g/mol. The lowest BCUT2D eigenvalue weighted by Gasteiger charge is -2.42. The van der Waals surface area contributed by atoms with Crippen LogP contribution in [0.4, 0.5) is 0 Å². The van der Waals surface area contributed by atoms with E-state index >= 15 is 0 Å². The van der Waals surface area contributed by atoms with Crippen LogP contribution in [0.1, 0.15) is 75.5 Å². The Kier molecular flexibility index (Phi) is 4.53. The fraction of sp³-hybridized carbons (Fsp3) is 0.417. The van der Waals surface area contributed by atoms with Crippen LogP contribution in [-0.4, -0.2) is 0 Å². The zero-order valence-corrected chi connectivity index (χ0v) is 16.4. The molecule has 0 spiro atoms. The third kappa shape index (κ3) is 3.51. The van der Waals surface area contributed by atoms with E-state index in [2.05, 4.69) is 65.8 Å². The molecular formula is C24H30O. The fourth-order valence-electron chi connectivity index (χ4n) is 3.91. The van der Waals surface area contributed by atoms with Gasteiger partial charge in [-0.2, -0.15) is 0 Å². The number of aryl methyl sites for hydroxylation is 1. The first kappa shape index (κ1) is 17.8. The van der Waals surface area contributed by atoms with Crippen LogP contribution in [0, 0.1) is 6.92 Å². The van der Waals surface area contributed by atoms with Crippen LogP contribution in [0.5, 0.6) is 0 Å². The molecule has 1 aromatic carbocycles.